The first-order valence-electron chi connectivity index (χ1n) is 9.71. The molecule has 0 bridgehead atoms. The fourth-order valence-electron chi connectivity index (χ4n) is 4.67. The zero-order valence-corrected chi connectivity index (χ0v) is 16.1. The van der Waals surface area contributed by atoms with Crippen molar-refractivity contribution in [3.63, 3.8) is 0 Å². The fourth-order valence-corrected chi connectivity index (χ4v) is 4.67. The van der Waals surface area contributed by atoms with Gasteiger partial charge in [-0.05, 0) is 35.4 Å². The second-order valence-corrected chi connectivity index (χ2v) is 7.63. The van der Waals surface area contributed by atoms with Gasteiger partial charge in [0.25, 0.3) is 0 Å². The Morgan fingerprint density at radius 3 is 2.83 bits per heavy atom. The van der Waals surface area contributed by atoms with E-state index in [9.17, 15) is 9.59 Å². The first-order chi connectivity index (χ1) is 14.6. The van der Waals surface area contributed by atoms with Crippen LogP contribution in [0.4, 0.5) is 0 Å². The van der Waals surface area contributed by atoms with Gasteiger partial charge in [0, 0.05) is 29.1 Å². The molecular weight excluding hydrogens is 388 g/mol. The number of carbonyl (C=O) groups excluding carboxylic acids is 2. The van der Waals surface area contributed by atoms with Gasteiger partial charge in [0.15, 0.2) is 11.5 Å². The van der Waals surface area contributed by atoms with E-state index in [-0.39, 0.29) is 12.7 Å². The van der Waals surface area contributed by atoms with E-state index >= 15 is 0 Å². The Bertz CT molecular complexity index is 1220. The van der Waals surface area contributed by atoms with Crippen molar-refractivity contribution in [3.8, 4) is 17.2 Å². The summed E-state index contributed by atoms with van der Waals surface area (Å²) < 4.78 is 22.1. The minimum absolute atomic E-state index is 0.169. The van der Waals surface area contributed by atoms with Crippen molar-refractivity contribution in [2.75, 3.05) is 13.9 Å². The predicted molar refractivity (Wildman–Crippen MR) is 105 cm³/mol. The standard InChI is InChI=1S/C22H18N2O6/c1-27-22(26)13-6-11-8-23-12-3-5-15-18(17(11)12)19(21(25)24-13)20(30-15)10-2-4-14-16(7-10)29-9-28-14/h2-5,7-8,13,19-20,23H,6,9H2,1H3,(H,24,25)/t13-,19+,20-/m1/s1. The number of nitrogens with one attached hydrogen (secondary N) is 2. The maximum absolute atomic E-state index is 13.4. The summed E-state index contributed by atoms with van der Waals surface area (Å²) in [4.78, 5) is 28.9. The molecule has 3 aromatic rings. The first kappa shape index (κ1) is 17.2. The Morgan fingerprint density at radius 1 is 1.13 bits per heavy atom. The lowest BCUT2D eigenvalue weighted by molar-refractivity contribution is -0.145. The summed E-state index contributed by atoms with van der Waals surface area (Å²) in [6, 6.07) is 8.59. The monoisotopic (exact) mass is 406 g/mol. The van der Waals surface area contributed by atoms with Crippen LogP contribution in [0.2, 0.25) is 0 Å². The number of aromatic nitrogens is 1. The average Bonchev–Trinajstić information content (AvgIpc) is 3.46. The summed E-state index contributed by atoms with van der Waals surface area (Å²) in [5.41, 5.74) is 3.49. The van der Waals surface area contributed by atoms with Gasteiger partial charge in [0.05, 0.1) is 7.11 Å². The number of ether oxygens (including phenoxy) is 4. The number of H-pyrrole nitrogens is 1. The molecular formula is C22H18N2O6. The minimum atomic E-state index is -0.767. The predicted octanol–water partition coefficient (Wildman–Crippen LogP) is 2.33. The SMILES string of the molecule is COC(=O)[C@H]1Cc2c[nH]c3ccc4c(c23)[C@H](C(=O)N1)[C@@H](c1ccc2c(c1)OCO2)O4. The molecule has 8 nitrogen and oxygen atoms in total. The number of carbonyl (C=O) groups is 2. The van der Waals surface area contributed by atoms with Gasteiger partial charge in [0.2, 0.25) is 12.7 Å². The van der Waals surface area contributed by atoms with Crippen molar-refractivity contribution in [2.45, 2.75) is 24.5 Å². The molecule has 0 radical (unpaired) electrons. The van der Waals surface area contributed by atoms with E-state index < -0.39 is 24.0 Å². The van der Waals surface area contributed by atoms with Crippen LogP contribution in [0.3, 0.4) is 0 Å². The molecule has 0 spiro atoms. The van der Waals surface area contributed by atoms with Crippen LogP contribution in [0.5, 0.6) is 17.2 Å². The summed E-state index contributed by atoms with van der Waals surface area (Å²) in [5.74, 6) is 0.589. The van der Waals surface area contributed by atoms with Gasteiger partial charge in [-0.25, -0.2) is 4.79 Å². The van der Waals surface area contributed by atoms with Gasteiger partial charge < -0.3 is 29.2 Å². The van der Waals surface area contributed by atoms with Crippen molar-refractivity contribution >= 4 is 22.8 Å². The van der Waals surface area contributed by atoms with Crippen LogP contribution >= 0.6 is 0 Å². The molecule has 1 amide bonds. The lowest BCUT2D eigenvalue weighted by atomic mass is 9.85. The number of methoxy groups -OCH3 is 1. The average molecular weight is 406 g/mol. The molecule has 3 aliphatic rings. The molecule has 0 saturated heterocycles. The molecule has 0 aliphatic carbocycles. The third-order valence-electron chi connectivity index (χ3n) is 6.03. The zero-order valence-electron chi connectivity index (χ0n) is 16.1. The van der Waals surface area contributed by atoms with Gasteiger partial charge in [-0.1, -0.05) is 6.07 Å². The molecule has 0 saturated carbocycles. The third kappa shape index (κ3) is 2.33. The number of amides is 1. The second kappa shape index (κ2) is 6.16. The molecule has 4 heterocycles. The smallest absolute Gasteiger partial charge is 0.328 e. The fraction of sp³-hybridized carbons (Fsp3) is 0.273. The topological polar surface area (TPSA) is 98.9 Å². The molecule has 3 aliphatic heterocycles. The van der Waals surface area contributed by atoms with E-state index in [1.165, 1.54) is 7.11 Å². The maximum atomic E-state index is 13.4. The summed E-state index contributed by atoms with van der Waals surface area (Å²) in [7, 11) is 1.32. The van der Waals surface area contributed by atoms with Crippen molar-refractivity contribution in [1.82, 2.24) is 10.3 Å². The number of fused-ring (bicyclic) bond motifs is 1. The van der Waals surface area contributed by atoms with Gasteiger partial charge in [-0.3, -0.25) is 4.79 Å². The van der Waals surface area contributed by atoms with E-state index in [1.807, 2.05) is 36.5 Å². The van der Waals surface area contributed by atoms with Crippen LogP contribution in [-0.2, 0) is 20.7 Å². The van der Waals surface area contributed by atoms with E-state index in [0.29, 0.717) is 23.7 Å². The van der Waals surface area contributed by atoms with E-state index in [1.54, 1.807) is 0 Å². The Hall–Kier alpha value is -3.68. The van der Waals surface area contributed by atoms with Gasteiger partial charge in [-0.2, -0.15) is 0 Å². The largest absolute Gasteiger partial charge is 0.484 e. The van der Waals surface area contributed by atoms with Crippen molar-refractivity contribution in [1.29, 1.82) is 0 Å². The minimum Gasteiger partial charge on any atom is -0.484 e. The number of hydrogen-bond acceptors (Lipinski definition) is 6. The van der Waals surface area contributed by atoms with E-state index in [4.69, 9.17) is 18.9 Å². The maximum Gasteiger partial charge on any atom is 0.328 e. The molecule has 0 fully saturated rings. The Balaban J connectivity index is 1.52. The van der Waals surface area contributed by atoms with Crippen LogP contribution < -0.4 is 19.5 Å². The Morgan fingerprint density at radius 2 is 1.97 bits per heavy atom. The molecule has 30 heavy (non-hydrogen) atoms. The van der Waals surface area contributed by atoms with E-state index in [2.05, 4.69) is 10.3 Å². The Kier molecular flexibility index (Phi) is 3.53. The number of hydrogen-bond donors (Lipinski definition) is 2. The molecule has 1 aromatic heterocycles. The van der Waals surface area contributed by atoms with Crippen LogP contribution in [0.15, 0.2) is 36.5 Å². The van der Waals surface area contributed by atoms with Crippen molar-refractivity contribution in [2.24, 2.45) is 0 Å². The molecule has 8 heteroatoms. The van der Waals surface area contributed by atoms with Gasteiger partial charge in [0.1, 0.15) is 23.8 Å². The third-order valence-corrected chi connectivity index (χ3v) is 6.03. The van der Waals surface area contributed by atoms with E-state index in [0.717, 1.165) is 27.6 Å². The highest BCUT2D eigenvalue weighted by Crippen LogP contribution is 2.51. The second-order valence-electron chi connectivity index (χ2n) is 7.63. The number of esters is 1. The molecule has 6 rings (SSSR count). The highest BCUT2D eigenvalue weighted by molar-refractivity contribution is 5.99. The van der Waals surface area contributed by atoms with Crippen molar-refractivity contribution in [3.05, 3.63) is 53.2 Å². The zero-order chi connectivity index (χ0) is 20.4. The lowest BCUT2D eigenvalue weighted by Crippen LogP contribution is -2.46. The number of aromatic amines is 1. The molecule has 152 valence electrons. The summed E-state index contributed by atoms with van der Waals surface area (Å²) >= 11 is 0. The number of rotatable bonds is 2. The van der Waals surface area contributed by atoms with Crippen LogP contribution in [0.1, 0.15) is 28.7 Å². The molecule has 2 N–H and O–H groups in total. The van der Waals surface area contributed by atoms with Gasteiger partial charge >= 0.3 is 5.97 Å². The normalized spacial score (nSPS) is 23.5. The Labute approximate surface area is 171 Å². The molecule has 3 atom stereocenters. The van der Waals surface area contributed by atoms with Gasteiger partial charge in [-0.15, -0.1) is 0 Å². The summed E-state index contributed by atoms with van der Waals surface area (Å²) in [5, 5.41) is 3.80. The van der Waals surface area contributed by atoms with Crippen LogP contribution in [0.25, 0.3) is 10.9 Å². The molecule has 2 aromatic carbocycles. The highest BCUT2D eigenvalue weighted by Gasteiger charge is 2.45. The van der Waals surface area contributed by atoms with Crippen LogP contribution in [0, 0.1) is 0 Å². The molecule has 0 unspecified atom stereocenters. The summed E-state index contributed by atoms with van der Waals surface area (Å²) in [6.45, 7) is 0.169. The summed E-state index contributed by atoms with van der Waals surface area (Å²) in [6.07, 6.45) is 1.67. The lowest BCUT2D eigenvalue weighted by Gasteiger charge is -2.25. The quantitative estimate of drug-likeness (QED) is 0.634. The van der Waals surface area contributed by atoms with Crippen LogP contribution in [-0.4, -0.2) is 36.8 Å². The van der Waals surface area contributed by atoms with Crippen molar-refractivity contribution < 1.29 is 28.5 Å². The highest BCUT2D eigenvalue weighted by atomic mass is 16.7. The number of benzene rings is 2. The first-order valence-corrected chi connectivity index (χ1v) is 9.71.